The van der Waals surface area contributed by atoms with Gasteiger partial charge in [0.1, 0.15) is 5.82 Å². The molecule has 0 aromatic heterocycles. The van der Waals surface area contributed by atoms with Crippen LogP contribution in [0.3, 0.4) is 0 Å². The molecule has 0 spiro atoms. The van der Waals surface area contributed by atoms with E-state index in [1.165, 1.54) is 12.1 Å². The van der Waals surface area contributed by atoms with E-state index < -0.39 is 6.04 Å². The first kappa shape index (κ1) is 20.3. The lowest BCUT2D eigenvalue weighted by molar-refractivity contribution is -0.117. The van der Waals surface area contributed by atoms with E-state index in [-0.39, 0.29) is 18.3 Å². The summed E-state index contributed by atoms with van der Waals surface area (Å²) < 4.78 is 19.6. The minimum Gasteiger partial charge on any atom is -0.394 e. The molecule has 1 aliphatic heterocycles. The summed E-state index contributed by atoms with van der Waals surface area (Å²) in [6.07, 6.45) is 2.96. The zero-order valence-electron chi connectivity index (χ0n) is 15.3. The lowest BCUT2D eigenvalue weighted by Gasteiger charge is -2.30. The molecule has 2 aromatic rings. The number of carbonyl (C=O) groups is 1. The Morgan fingerprint density at radius 2 is 2.04 bits per heavy atom. The van der Waals surface area contributed by atoms with E-state index >= 15 is 0 Å². The molecule has 3 rings (SSSR count). The van der Waals surface area contributed by atoms with Crippen molar-refractivity contribution in [1.82, 2.24) is 5.32 Å². The molecule has 0 bridgehead atoms. The third kappa shape index (κ3) is 5.10. The molecule has 1 heterocycles. The Balaban J connectivity index is 1.72. The molecule has 2 aromatic carbocycles. The fourth-order valence-corrected chi connectivity index (χ4v) is 3.22. The van der Waals surface area contributed by atoms with Gasteiger partial charge in [0.05, 0.1) is 31.5 Å². The van der Waals surface area contributed by atoms with Crippen molar-refractivity contribution in [3.8, 4) is 0 Å². The summed E-state index contributed by atoms with van der Waals surface area (Å²) in [6, 6.07) is 11.1. The summed E-state index contributed by atoms with van der Waals surface area (Å²) in [7, 11) is 0. The van der Waals surface area contributed by atoms with E-state index in [0.717, 1.165) is 5.56 Å². The molecule has 1 aliphatic rings. The maximum Gasteiger partial charge on any atom is 0.244 e. The largest absolute Gasteiger partial charge is 0.394 e. The Kier molecular flexibility index (Phi) is 7.03. The van der Waals surface area contributed by atoms with Gasteiger partial charge in [-0.1, -0.05) is 35.9 Å². The first-order chi connectivity index (χ1) is 13.6. The maximum absolute atomic E-state index is 14.3. The highest BCUT2D eigenvalue weighted by Crippen LogP contribution is 2.25. The normalized spacial score (nSPS) is 15.6. The quantitative estimate of drug-likeness (QED) is 0.726. The first-order valence-electron chi connectivity index (χ1n) is 9.04. The second-order valence-corrected chi connectivity index (χ2v) is 6.82. The number of aliphatic hydroxyl groups is 1. The maximum atomic E-state index is 14.3. The molecule has 28 heavy (non-hydrogen) atoms. The van der Waals surface area contributed by atoms with Crippen molar-refractivity contribution in [3.63, 3.8) is 0 Å². The monoisotopic (exact) mass is 404 g/mol. The fraction of sp³-hybridized carbons (Fsp3) is 0.286. The summed E-state index contributed by atoms with van der Waals surface area (Å²) in [6.45, 7) is 1.96. The molecule has 7 heteroatoms. The van der Waals surface area contributed by atoms with Crippen LogP contribution in [0.15, 0.2) is 48.5 Å². The van der Waals surface area contributed by atoms with Gasteiger partial charge in [-0.25, -0.2) is 4.39 Å². The van der Waals surface area contributed by atoms with Crippen LogP contribution < -0.4 is 10.2 Å². The van der Waals surface area contributed by atoms with Crippen molar-refractivity contribution >= 4 is 29.3 Å². The topological polar surface area (TPSA) is 61.8 Å². The zero-order chi connectivity index (χ0) is 19.9. The molecular formula is C21H22ClFN2O3. The molecule has 2 N–H and O–H groups in total. The predicted octanol–water partition coefficient (Wildman–Crippen LogP) is 3.18. The lowest BCUT2D eigenvalue weighted by atomic mass is 10.1. The number of aliphatic hydroxyl groups excluding tert-OH is 1. The summed E-state index contributed by atoms with van der Waals surface area (Å²) in [5, 5.41) is 13.0. The van der Waals surface area contributed by atoms with E-state index in [1.807, 2.05) is 17.0 Å². The van der Waals surface area contributed by atoms with Crippen LogP contribution in [0.4, 0.5) is 10.1 Å². The van der Waals surface area contributed by atoms with Gasteiger partial charge >= 0.3 is 0 Å². The molecule has 0 radical (unpaired) electrons. The van der Waals surface area contributed by atoms with Gasteiger partial charge in [0.25, 0.3) is 0 Å². The number of rotatable bonds is 6. The summed E-state index contributed by atoms with van der Waals surface area (Å²) >= 11 is 6.07. The third-order valence-electron chi connectivity index (χ3n) is 4.54. The van der Waals surface area contributed by atoms with Gasteiger partial charge in [-0.2, -0.15) is 0 Å². The summed E-state index contributed by atoms with van der Waals surface area (Å²) in [5.41, 5.74) is 1.79. The Morgan fingerprint density at radius 3 is 2.75 bits per heavy atom. The van der Waals surface area contributed by atoms with Crippen LogP contribution in [0.1, 0.15) is 17.2 Å². The van der Waals surface area contributed by atoms with E-state index in [0.29, 0.717) is 42.6 Å². The second kappa shape index (κ2) is 9.68. The number of nitrogens with zero attached hydrogens (tertiary/aromatic N) is 1. The molecule has 1 fully saturated rings. The number of hydrogen-bond acceptors (Lipinski definition) is 4. The van der Waals surface area contributed by atoms with Gasteiger partial charge in [0, 0.05) is 24.2 Å². The van der Waals surface area contributed by atoms with Gasteiger partial charge in [0.2, 0.25) is 5.91 Å². The van der Waals surface area contributed by atoms with E-state index in [1.54, 1.807) is 30.3 Å². The Labute approximate surface area is 168 Å². The Morgan fingerprint density at radius 1 is 1.29 bits per heavy atom. The minimum atomic E-state index is -0.649. The lowest BCUT2D eigenvalue weighted by Crippen LogP contribution is -2.37. The molecule has 5 nitrogen and oxygen atoms in total. The van der Waals surface area contributed by atoms with Crippen LogP contribution >= 0.6 is 11.6 Å². The molecular weight excluding hydrogens is 383 g/mol. The van der Waals surface area contributed by atoms with Crippen molar-refractivity contribution in [2.75, 3.05) is 37.8 Å². The van der Waals surface area contributed by atoms with Crippen LogP contribution in [0.25, 0.3) is 6.08 Å². The SMILES string of the molecule is O=C(/C=C/c1ccccc1Cl)NC(CO)c1ccc(F)c(N2CCOCC2)c1. The molecule has 1 atom stereocenters. The van der Waals surface area contributed by atoms with Crippen LogP contribution in [0.2, 0.25) is 5.02 Å². The number of amides is 1. The van der Waals surface area contributed by atoms with Crippen LogP contribution in [-0.4, -0.2) is 43.9 Å². The number of nitrogens with one attached hydrogen (secondary N) is 1. The fourth-order valence-electron chi connectivity index (χ4n) is 3.02. The third-order valence-corrected chi connectivity index (χ3v) is 4.89. The van der Waals surface area contributed by atoms with Gasteiger partial charge < -0.3 is 20.1 Å². The molecule has 0 saturated carbocycles. The number of ether oxygens (including phenoxy) is 1. The number of anilines is 1. The van der Waals surface area contributed by atoms with Crippen LogP contribution in [0, 0.1) is 5.82 Å². The Hall–Kier alpha value is -2.41. The number of morpholine rings is 1. The second-order valence-electron chi connectivity index (χ2n) is 6.41. The molecule has 1 amide bonds. The van der Waals surface area contributed by atoms with Gasteiger partial charge in [-0.05, 0) is 35.4 Å². The molecule has 1 unspecified atom stereocenters. The molecule has 0 aliphatic carbocycles. The van der Waals surface area contributed by atoms with Crippen molar-refractivity contribution in [3.05, 3.63) is 70.5 Å². The van der Waals surface area contributed by atoms with E-state index in [2.05, 4.69) is 5.32 Å². The summed E-state index contributed by atoms with van der Waals surface area (Å²) in [5.74, 6) is -0.719. The number of benzene rings is 2. The van der Waals surface area contributed by atoms with Gasteiger partial charge in [-0.3, -0.25) is 4.79 Å². The first-order valence-corrected chi connectivity index (χ1v) is 9.42. The van der Waals surface area contributed by atoms with Crippen molar-refractivity contribution < 1.29 is 19.0 Å². The van der Waals surface area contributed by atoms with Crippen molar-refractivity contribution in [1.29, 1.82) is 0 Å². The molecule has 1 saturated heterocycles. The average Bonchev–Trinajstić information content (AvgIpc) is 2.72. The number of halogens is 2. The number of hydrogen-bond donors (Lipinski definition) is 2. The van der Waals surface area contributed by atoms with Crippen LogP contribution in [0.5, 0.6) is 0 Å². The van der Waals surface area contributed by atoms with Crippen molar-refractivity contribution in [2.24, 2.45) is 0 Å². The van der Waals surface area contributed by atoms with E-state index in [4.69, 9.17) is 16.3 Å². The van der Waals surface area contributed by atoms with Gasteiger partial charge in [-0.15, -0.1) is 0 Å². The molecule has 148 valence electrons. The zero-order valence-corrected chi connectivity index (χ0v) is 16.0. The average molecular weight is 405 g/mol. The van der Waals surface area contributed by atoms with Crippen molar-refractivity contribution in [2.45, 2.75) is 6.04 Å². The van der Waals surface area contributed by atoms with E-state index in [9.17, 15) is 14.3 Å². The smallest absolute Gasteiger partial charge is 0.244 e. The predicted molar refractivity (Wildman–Crippen MR) is 108 cm³/mol. The minimum absolute atomic E-state index is 0.306. The summed E-state index contributed by atoms with van der Waals surface area (Å²) in [4.78, 5) is 14.2. The van der Waals surface area contributed by atoms with Crippen LogP contribution in [-0.2, 0) is 9.53 Å². The highest BCUT2D eigenvalue weighted by molar-refractivity contribution is 6.32. The Bertz CT molecular complexity index is 853. The highest BCUT2D eigenvalue weighted by atomic mass is 35.5. The standard InChI is InChI=1S/C21H22ClFN2O3/c22-17-4-2-1-3-15(17)6-8-21(27)24-19(14-26)16-5-7-18(23)20(13-16)25-9-11-28-12-10-25/h1-8,13,19,26H,9-12,14H2,(H,24,27)/b8-6+. The highest BCUT2D eigenvalue weighted by Gasteiger charge is 2.19. The van der Waals surface area contributed by atoms with Gasteiger partial charge in [0.15, 0.2) is 0 Å². The number of carbonyl (C=O) groups excluding carboxylic acids is 1.